The predicted molar refractivity (Wildman–Crippen MR) is 121 cm³/mol. The van der Waals surface area contributed by atoms with E-state index in [9.17, 15) is 10.2 Å². The lowest BCUT2D eigenvalue weighted by atomic mass is 9.61. The first kappa shape index (κ1) is 23.7. The molecule has 0 amide bonds. The molecule has 0 aromatic rings. The minimum Gasteiger partial charge on any atom is -0.394 e. The smallest absolute Gasteiger partial charge is 0.0811 e. The Morgan fingerprint density at radius 1 is 1.23 bits per heavy atom. The van der Waals surface area contributed by atoms with Crippen molar-refractivity contribution in [3.63, 3.8) is 0 Å². The summed E-state index contributed by atoms with van der Waals surface area (Å²) in [6.07, 6.45) is 11.5. The molecule has 0 radical (unpaired) electrons. The van der Waals surface area contributed by atoms with Crippen LogP contribution < -0.4 is 0 Å². The van der Waals surface area contributed by atoms with Gasteiger partial charge in [0.15, 0.2) is 0 Å². The highest BCUT2D eigenvalue weighted by Gasteiger charge is 2.50. The van der Waals surface area contributed by atoms with Crippen molar-refractivity contribution >= 4 is 0 Å². The third-order valence-electron chi connectivity index (χ3n) is 8.22. The number of hydrogen-bond acceptors (Lipinski definition) is 4. The van der Waals surface area contributed by atoms with E-state index < -0.39 is 12.2 Å². The topological polar surface area (TPSA) is 69.9 Å². The number of aliphatic hydroxyl groups is 3. The van der Waals surface area contributed by atoms with Crippen molar-refractivity contribution in [1.82, 2.24) is 0 Å². The van der Waals surface area contributed by atoms with Crippen LogP contribution in [0.15, 0.2) is 35.5 Å². The summed E-state index contributed by atoms with van der Waals surface area (Å²) in [4.78, 5) is 0. The van der Waals surface area contributed by atoms with Gasteiger partial charge in [-0.05, 0) is 86.2 Å². The van der Waals surface area contributed by atoms with E-state index in [0.29, 0.717) is 36.0 Å². The summed E-state index contributed by atoms with van der Waals surface area (Å²) in [7, 11) is 0. The molecule has 3 N–H and O–H groups in total. The fourth-order valence-electron chi connectivity index (χ4n) is 6.39. The molecule has 4 nitrogen and oxygen atoms in total. The molecule has 0 bridgehead atoms. The standard InChI is InChI=1S/C26H42O4/c1-17(11-13-30-18(2)16-27)23-9-10-24-20(6-5-12-26(23,24)4)7-8-21-14-22(28)15-25(29)19(21)3/h7-8,17-18,22-25,27-29H,3,5-6,9-16H2,1-2,4H3/b20-7+,21-8-/t17-,18?,22-,23-,24+,25+,26-/m1/s1. The van der Waals surface area contributed by atoms with E-state index >= 15 is 0 Å². The third kappa shape index (κ3) is 5.09. The molecule has 0 aliphatic heterocycles. The molecular formula is C26H42O4. The normalized spacial score (nSPS) is 39.3. The molecular weight excluding hydrogens is 376 g/mol. The minimum atomic E-state index is -0.623. The summed E-state index contributed by atoms with van der Waals surface area (Å²) in [6, 6.07) is 0. The van der Waals surface area contributed by atoms with Crippen LogP contribution in [0.5, 0.6) is 0 Å². The van der Waals surface area contributed by atoms with E-state index in [1.807, 2.05) is 6.92 Å². The van der Waals surface area contributed by atoms with E-state index in [4.69, 9.17) is 9.84 Å². The fourth-order valence-corrected chi connectivity index (χ4v) is 6.39. The number of rotatable bonds is 7. The Bertz CT molecular complexity index is 666. The molecule has 0 spiro atoms. The zero-order chi connectivity index (χ0) is 21.9. The van der Waals surface area contributed by atoms with Crippen LogP contribution in [-0.2, 0) is 4.74 Å². The largest absolute Gasteiger partial charge is 0.394 e. The van der Waals surface area contributed by atoms with Crippen LogP contribution in [0.3, 0.4) is 0 Å². The summed E-state index contributed by atoms with van der Waals surface area (Å²) in [6.45, 7) is 11.7. The van der Waals surface area contributed by atoms with Crippen LogP contribution in [0.1, 0.15) is 72.1 Å². The molecule has 3 rings (SSSR count). The molecule has 170 valence electrons. The van der Waals surface area contributed by atoms with Crippen LogP contribution in [0.4, 0.5) is 0 Å². The average Bonchev–Trinajstić information content (AvgIpc) is 3.06. The lowest BCUT2D eigenvalue weighted by Crippen LogP contribution is -2.36. The van der Waals surface area contributed by atoms with E-state index in [1.165, 1.54) is 25.7 Å². The summed E-state index contributed by atoms with van der Waals surface area (Å²) < 4.78 is 5.73. The summed E-state index contributed by atoms with van der Waals surface area (Å²) in [5.41, 5.74) is 3.65. The molecule has 3 fully saturated rings. The number of ether oxygens (including phenoxy) is 1. The van der Waals surface area contributed by atoms with Crippen molar-refractivity contribution in [3.05, 3.63) is 35.5 Å². The molecule has 0 aromatic heterocycles. The SMILES string of the molecule is C=C1/C(=C\C=C2/CCC[C@]3(C)[C@@H]([C@H](C)CCOC(C)CO)CC[C@@H]23)C[C@@H](O)C[C@@H]1O. The molecule has 3 aliphatic carbocycles. The fraction of sp³-hybridized carbons (Fsp3) is 0.769. The molecule has 7 atom stereocenters. The van der Waals surface area contributed by atoms with Gasteiger partial charge in [0.25, 0.3) is 0 Å². The van der Waals surface area contributed by atoms with E-state index in [1.54, 1.807) is 5.57 Å². The Morgan fingerprint density at radius 2 is 2.00 bits per heavy atom. The van der Waals surface area contributed by atoms with E-state index in [0.717, 1.165) is 30.6 Å². The summed E-state index contributed by atoms with van der Waals surface area (Å²) in [5.74, 6) is 1.95. The monoisotopic (exact) mass is 418 g/mol. The van der Waals surface area contributed by atoms with Crippen LogP contribution in [0, 0.1) is 23.2 Å². The van der Waals surface area contributed by atoms with Gasteiger partial charge in [0.05, 0.1) is 24.9 Å². The van der Waals surface area contributed by atoms with Crippen LogP contribution in [0.2, 0.25) is 0 Å². The van der Waals surface area contributed by atoms with Gasteiger partial charge in [-0.15, -0.1) is 0 Å². The highest BCUT2D eigenvalue weighted by Crippen LogP contribution is 2.59. The highest BCUT2D eigenvalue weighted by atomic mass is 16.5. The van der Waals surface area contributed by atoms with Gasteiger partial charge in [-0.25, -0.2) is 0 Å². The Kier molecular flexibility index (Phi) is 8.00. The van der Waals surface area contributed by atoms with Gasteiger partial charge in [-0.1, -0.05) is 38.2 Å². The Labute approximate surface area is 182 Å². The first-order chi connectivity index (χ1) is 14.3. The van der Waals surface area contributed by atoms with Crippen molar-refractivity contribution in [2.45, 2.75) is 90.4 Å². The van der Waals surface area contributed by atoms with Crippen LogP contribution in [-0.4, -0.2) is 46.8 Å². The number of fused-ring (bicyclic) bond motifs is 1. The first-order valence-electron chi connectivity index (χ1n) is 11.9. The van der Waals surface area contributed by atoms with E-state index in [-0.39, 0.29) is 12.7 Å². The van der Waals surface area contributed by atoms with Gasteiger partial charge in [-0.2, -0.15) is 0 Å². The number of aliphatic hydroxyl groups excluding tert-OH is 3. The molecule has 3 saturated carbocycles. The first-order valence-corrected chi connectivity index (χ1v) is 11.9. The highest BCUT2D eigenvalue weighted by molar-refractivity contribution is 5.38. The molecule has 0 aromatic carbocycles. The second-order valence-corrected chi connectivity index (χ2v) is 10.3. The van der Waals surface area contributed by atoms with Crippen molar-refractivity contribution in [1.29, 1.82) is 0 Å². The quantitative estimate of drug-likeness (QED) is 0.567. The predicted octanol–water partition coefficient (Wildman–Crippen LogP) is 4.55. The Hall–Kier alpha value is -0.940. The third-order valence-corrected chi connectivity index (χ3v) is 8.22. The van der Waals surface area contributed by atoms with Crippen molar-refractivity contribution in [2.75, 3.05) is 13.2 Å². The van der Waals surface area contributed by atoms with Gasteiger partial charge in [-0.3, -0.25) is 0 Å². The Morgan fingerprint density at radius 3 is 2.73 bits per heavy atom. The van der Waals surface area contributed by atoms with Crippen LogP contribution >= 0.6 is 0 Å². The molecule has 30 heavy (non-hydrogen) atoms. The van der Waals surface area contributed by atoms with Gasteiger partial charge in [0.1, 0.15) is 0 Å². The second kappa shape index (κ2) is 10.1. The van der Waals surface area contributed by atoms with Gasteiger partial charge in [0, 0.05) is 13.0 Å². The zero-order valence-corrected chi connectivity index (χ0v) is 19.1. The average molecular weight is 419 g/mol. The maximum Gasteiger partial charge on any atom is 0.0811 e. The molecule has 1 unspecified atom stereocenters. The molecule has 0 heterocycles. The number of hydrogen-bond donors (Lipinski definition) is 3. The summed E-state index contributed by atoms with van der Waals surface area (Å²) >= 11 is 0. The maximum absolute atomic E-state index is 10.1. The van der Waals surface area contributed by atoms with Crippen LogP contribution in [0.25, 0.3) is 0 Å². The van der Waals surface area contributed by atoms with Gasteiger partial charge < -0.3 is 20.1 Å². The lowest BCUT2D eigenvalue weighted by molar-refractivity contribution is 0.00861. The molecule has 4 heteroatoms. The molecule has 0 saturated heterocycles. The van der Waals surface area contributed by atoms with Crippen molar-refractivity contribution in [3.8, 4) is 0 Å². The van der Waals surface area contributed by atoms with Crippen molar-refractivity contribution < 1.29 is 20.1 Å². The zero-order valence-electron chi connectivity index (χ0n) is 19.1. The number of allylic oxidation sites excluding steroid dienone is 3. The van der Waals surface area contributed by atoms with E-state index in [2.05, 4.69) is 32.6 Å². The Balaban J connectivity index is 1.69. The van der Waals surface area contributed by atoms with Crippen molar-refractivity contribution in [2.24, 2.45) is 23.2 Å². The lowest BCUT2D eigenvalue weighted by Gasteiger charge is -2.44. The molecule has 3 aliphatic rings. The maximum atomic E-state index is 10.1. The second-order valence-electron chi connectivity index (χ2n) is 10.3. The summed E-state index contributed by atoms with van der Waals surface area (Å²) in [5, 5.41) is 29.3. The van der Waals surface area contributed by atoms with Gasteiger partial charge >= 0.3 is 0 Å². The minimum absolute atomic E-state index is 0.0760. The van der Waals surface area contributed by atoms with Gasteiger partial charge in [0.2, 0.25) is 0 Å².